The first kappa shape index (κ1) is 14.9. The molecule has 1 aromatic carbocycles. The third kappa shape index (κ3) is 2.94. The normalized spacial score (nSPS) is 20.9. The Bertz CT molecular complexity index is 601. The molecule has 0 spiro atoms. The Morgan fingerprint density at radius 3 is 2.19 bits per heavy atom. The van der Waals surface area contributed by atoms with Crippen molar-refractivity contribution in [1.82, 2.24) is 4.31 Å². The molecule has 0 unspecified atom stereocenters. The molecule has 0 saturated carbocycles. The Kier molecular flexibility index (Phi) is 4.22. The van der Waals surface area contributed by atoms with E-state index in [1.807, 2.05) is 12.1 Å². The van der Waals surface area contributed by atoms with Crippen LogP contribution in [0.4, 0.5) is 5.69 Å². The number of benzene rings is 1. The van der Waals surface area contributed by atoms with E-state index >= 15 is 0 Å². The Labute approximate surface area is 127 Å². The Morgan fingerprint density at radius 2 is 1.52 bits per heavy atom. The molecule has 2 fully saturated rings. The fourth-order valence-corrected chi connectivity index (χ4v) is 4.84. The molecular weight excluding hydrogens is 284 g/mol. The number of anilines is 1. The molecule has 1 aromatic rings. The van der Waals surface area contributed by atoms with Crippen LogP contribution in [-0.4, -0.2) is 38.9 Å². The zero-order valence-electron chi connectivity index (χ0n) is 12.7. The van der Waals surface area contributed by atoms with Gasteiger partial charge in [0.15, 0.2) is 0 Å². The fraction of sp³-hybridized carbons (Fsp3) is 0.625. The van der Waals surface area contributed by atoms with Crippen LogP contribution in [-0.2, 0) is 10.0 Å². The molecule has 21 heavy (non-hydrogen) atoms. The zero-order chi connectivity index (χ0) is 14.9. The van der Waals surface area contributed by atoms with E-state index in [1.165, 1.54) is 12.8 Å². The molecule has 0 aromatic heterocycles. The van der Waals surface area contributed by atoms with Gasteiger partial charge < -0.3 is 4.90 Å². The summed E-state index contributed by atoms with van der Waals surface area (Å²) in [4.78, 5) is 2.77. The lowest BCUT2D eigenvalue weighted by molar-refractivity contribution is 0.346. The summed E-state index contributed by atoms with van der Waals surface area (Å²) >= 11 is 0. The van der Waals surface area contributed by atoms with Gasteiger partial charge in [0, 0.05) is 31.9 Å². The van der Waals surface area contributed by atoms with Gasteiger partial charge in [0.2, 0.25) is 10.0 Å². The van der Waals surface area contributed by atoms with Gasteiger partial charge in [-0.2, -0.15) is 4.31 Å². The van der Waals surface area contributed by atoms with Crippen LogP contribution < -0.4 is 4.90 Å². The van der Waals surface area contributed by atoms with E-state index < -0.39 is 10.0 Å². The minimum absolute atomic E-state index is 0.455. The maximum atomic E-state index is 12.8. The standard InChI is InChI=1S/C16H24N2O2S/c1-14-7-8-15(13-16(14)17-9-5-6-10-17)21(19,20)18-11-3-2-4-12-18/h7-8,13H,2-6,9-12H2,1H3. The van der Waals surface area contributed by atoms with Crippen LogP contribution in [0.25, 0.3) is 0 Å². The van der Waals surface area contributed by atoms with E-state index in [-0.39, 0.29) is 0 Å². The predicted octanol–water partition coefficient (Wildman–Crippen LogP) is 2.77. The Hall–Kier alpha value is -1.07. The number of hydrogen-bond acceptors (Lipinski definition) is 3. The quantitative estimate of drug-likeness (QED) is 0.862. The number of piperidine rings is 1. The minimum Gasteiger partial charge on any atom is -0.371 e. The summed E-state index contributed by atoms with van der Waals surface area (Å²) < 4.78 is 27.2. The zero-order valence-corrected chi connectivity index (χ0v) is 13.5. The number of sulfonamides is 1. The monoisotopic (exact) mass is 308 g/mol. The highest BCUT2D eigenvalue weighted by molar-refractivity contribution is 7.89. The van der Waals surface area contributed by atoms with Gasteiger partial charge >= 0.3 is 0 Å². The molecule has 4 nitrogen and oxygen atoms in total. The number of nitrogens with zero attached hydrogens (tertiary/aromatic N) is 2. The smallest absolute Gasteiger partial charge is 0.243 e. The molecule has 2 saturated heterocycles. The first-order chi connectivity index (χ1) is 10.1. The van der Waals surface area contributed by atoms with Crippen LogP contribution in [0, 0.1) is 6.92 Å². The van der Waals surface area contributed by atoms with Crippen molar-refractivity contribution in [2.24, 2.45) is 0 Å². The highest BCUT2D eigenvalue weighted by Crippen LogP contribution is 2.29. The highest BCUT2D eigenvalue weighted by atomic mass is 32.2. The van der Waals surface area contributed by atoms with E-state index in [1.54, 1.807) is 10.4 Å². The Balaban J connectivity index is 1.92. The summed E-state index contributed by atoms with van der Waals surface area (Å²) in [7, 11) is -3.32. The van der Waals surface area contributed by atoms with Crippen molar-refractivity contribution in [2.45, 2.75) is 43.9 Å². The molecular formula is C16H24N2O2S. The number of rotatable bonds is 3. The first-order valence-electron chi connectivity index (χ1n) is 7.95. The summed E-state index contributed by atoms with van der Waals surface area (Å²) in [5, 5.41) is 0. The van der Waals surface area contributed by atoms with Crippen LogP contribution in [0.15, 0.2) is 23.1 Å². The maximum absolute atomic E-state index is 12.8. The second-order valence-electron chi connectivity index (χ2n) is 6.11. The van der Waals surface area contributed by atoms with Crippen molar-refractivity contribution in [2.75, 3.05) is 31.1 Å². The van der Waals surface area contributed by atoms with Crippen LogP contribution in [0.2, 0.25) is 0 Å². The lowest BCUT2D eigenvalue weighted by Crippen LogP contribution is -2.35. The summed E-state index contributed by atoms with van der Waals surface area (Å²) in [6.45, 7) is 5.46. The summed E-state index contributed by atoms with van der Waals surface area (Å²) in [5.74, 6) is 0. The van der Waals surface area contributed by atoms with Crippen molar-refractivity contribution in [1.29, 1.82) is 0 Å². The second-order valence-corrected chi connectivity index (χ2v) is 8.05. The van der Waals surface area contributed by atoms with Gasteiger partial charge in [-0.15, -0.1) is 0 Å². The maximum Gasteiger partial charge on any atom is 0.243 e. The summed E-state index contributed by atoms with van der Waals surface area (Å²) in [6.07, 6.45) is 5.48. The van der Waals surface area contributed by atoms with Crippen LogP contribution in [0.3, 0.4) is 0 Å². The number of hydrogen-bond donors (Lipinski definition) is 0. The van der Waals surface area contributed by atoms with Gasteiger partial charge in [0.25, 0.3) is 0 Å². The van der Waals surface area contributed by atoms with E-state index in [0.717, 1.165) is 43.6 Å². The molecule has 0 N–H and O–H groups in total. The highest BCUT2D eigenvalue weighted by Gasteiger charge is 2.27. The van der Waals surface area contributed by atoms with Crippen LogP contribution >= 0.6 is 0 Å². The molecule has 0 amide bonds. The third-order valence-electron chi connectivity index (χ3n) is 4.58. The fourth-order valence-electron chi connectivity index (χ4n) is 3.30. The SMILES string of the molecule is Cc1ccc(S(=O)(=O)N2CCCCC2)cc1N1CCCC1. The van der Waals surface area contributed by atoms with Gasteiger partial charge in [0.05, 0.1) is 4.90 Å². The third-order valence-corrected chi connectivity index (χ3v) is 6.47. The predicted molar refractivity (Wildman–Crippen MR) is 85.2 cm³/mol. The van der Waals surface area contributed by atoms with E-state index in [0.29, 0.717) is 18.0 Å². The van der Waals surface area contributed by atoms with Gasteiger partial charge in [0.1, 0.15) is 0 Å². The molecule has 0 bridgehead atoms. The van der Waals surface area contributed by atoms with E-state index in [9.17, 15) is 8.42 Å². The second kappa shape index (κ2) is 5.97. The first-order valence-corrected chi connectivity index (χ1v) is 9.39. The lowest BCUT2D eigenvalue weighted by atomic mass is 10.2. The van der Waals surface area contributed by atoms with Gasteiger partial charge in [-0.25, -0.2) is 8.42 Å². The Morgan fingerprint density at radius 1 is 0.905 bits per heavy atom. The van der Waals surface area contributed by atoms with Crippen molar-refractivity contribution in [3.63, 3.8) is 0 Å². The lowest BCUT2D eigenvalue weighted by Gasteiger charge is -2.27. The molecule has 116 valence electrons. The molecule has 5 heteroatoms. The van der Waals surface area contributed by atoms with Gasteiger partial charge in [-0.1, -0.05) is 12.5 Å². The molecule has 2 aliphatic rings. The van der Waals surface area contributed by atoms with Crippen molar-refractivity contribution < 1.29 is 8.42 Å². The van der Waals surface area contributed by atoms with Crippen LogP contribution in [0.5, 0.6) is 0 Å². The van der Waals surface area contributed by atoms with Gasteiger partial charge in [-0.3, -0.25) is 0 Å². The van der Waals surface area contributed by atoms with Gasteiger partial charge in [-0.05, 0) is 50.3 Å². The molecule has 3 rings (SSSR count). The average Bonchev–Trinajstić information content (AvgIpc) is 3.02. The van der Waals surface area contributed by atoms with Crippen molar-refractivity contribution >= 4 is 15.7 Å². The van der Waals surface area contributed by atoms with Crippen molar-refractivity contribution in [3.05, 3.63) is 23.8 Å². The van der Waals surface area contributed by atoms with Crippen molar-refractivity contribution in [3.8, 4) is 0 Å². The average molecular weight is 308 g/mol. The molecule has 0 radical (unpaired) electrons. The summed E-state index contributed by atoms with van der Waals surface area (Å²) in [6, 6.07) is 5.59. The molecule has 2 heterocycles. The molecule has 0 aliphatic carbocycles. The summed E-state index contributed by atoms with van der Waals surface area (Å²) in [5.41, 5.74) is 2.25. The van der Waals surface area contributed by atoms with Crippen LogP contribution in [0.1, 0.15) is 37.7 Å². The molecule has 0 atom stereocenters. The minimum atomic E-state index is -3.32. The molecule has 2 aliphatic heterocycles. The van der Waals surface area contributed by atoms with E-state index in [4.69, 9.17) is 0 Å². The van der Waals surface area contributed by atoms with E-state index in [2.05, 4.69) is 11.8 Å². The topological polar surface area (TPSA) is 40.6 Å². The number of aryl methyl sites for hydroxylation is 1. The largest absolute Gasteiger partial charge is 0.371 e.